The molecule has 1 rings (SSSR count). The predicted molar refractivity (Wildman–Crippen MR) is 76.3 cm³/mol. The summed E-state index contributed by atoms with van der Waals surface area (Å²) in [5, 5.41) is 2.45. The van der Waals surface area contributed by atoms with E-state index in [1.165, 1.54) is 11.3 Å². The first kappa shape index (κ1) is 14.9. The van der Waals surface area contributed by atoms with Crippen LogP contribution in [0.1, 0.15) is 25.0 Å². The van der Waals surface area contributed by atoms with Gasteiger partial charge in [0.1, 0.15) is 5.84 Å². The van der Waals surface area contributed by atoms with Gasteiger partial charge in [0.2, 0.25) is 5.13 Å². The number of aryl methyl sites for hydroxylation is 1. The number of urea groups is 1. The van der Waals surface area contributed by atoms with Crippen LogP contribution in [0.3, 0.4) is 0 Å². The molecule has 1 aromatic heterocycles. The van der Waals surface area contributed by atoms with Crippen LogP contribution in [0, 0.1) is 0 Å². The molecular weight excluding hydrogens is 266 g/mol. The predicted octanol–water partition coefficient (Wildman–Crippen LogP) is 0.197. The fourth-order valence-electron chi connectivity index (χ4n) is 1.38. The van der Waals surface area contributed by atoms with E-state index in [1.54, 1.807) is 0 Å². The summed E-state index contributed by atoms with van der Waals surface area (Å²) in [7, 11) is 0. The molecule has 0 fully saturated rings. The van der Waals surface area contributed by atoms with Gasteiger partial charge in [0.25, 0.3) is 0 Å². The summed E-state index contributed by atoms with van der Waals surface area (Å²) in [5.41, 5.74) is 21.8. The number of aromatic nitrogens is 1. The van der Waals surface area contributed by atoms with Gasteiger partial charge in [-0.2, -0.15) is 9.98 Å². The number of rotatable bonds is 6. The van der Waals surface area contributed by atoms with Gasteiger partial charge in [0.15, 0.2) is 5.96 Å². The number of carbonyl (C=O) groups excluding carboxylic acids is 1. The third-order valence-corrected chi connectivity index (χ3v) is 2.92. The minimum absolute atomic E-state index is 0.00339. The van der Waals surface area contributed by atoms with Crippen LogP contribution < -0.4 is 22.9 Å². The van der Waals surface area contributed by atoms with E-state index in [1.807, 2.05) is 5.38 Å². The second-order valence-electron chi connectivity index (χ2n) is 3.81. The number of aliphatic imine (C=N–C) groups is 2. The molecule has 1 heterocycles. The van der Waals surface area contributed by atoms with Crippen molar-refractivity contribution in [2.45, 2.75) is 25.7 Å². The summed E-state index contributed by atoms with van der Waals surface area (Å²) in [5.74, 6) is 0.253. The van der Waals surface area contributed by atoms with Crippen LogP contribution in [-0.2, 0) is 6.42 Å². The lowest BCUT2D eigenvalue weighted by atomic mass is 10.1. The molecule has 1 aromatic rings. The summed E-state index contributed by atoms with van der Waals surface area (Å²) in [6, 6.07) is -0.765. The van der Waals surface area contributed by atoms with Crippen LogP contribution in [0.4, 0.5) is 9.93 Å². The number of unbranched alkanes of at least 4 members (excludes halogenated alkanes) is 1. The number of thiazole rings is 1. The summed E-state index contributed by atoms with van der Waals surface area (Å²) >= 11 is 1.38. The van der Waals surface area contributed by atoms with Crippen molar-refractivity contribution in [2.24, 2.45) is 32.9 Å². The topological polar surface area (TPSA) is 159 Å². The molecule has 0 aliphatic heterocycles. The molecule has 0 aliphatic rings. The largest absolute Gasteiger partial charge is 0.387 e. The number of nitrogens with zero attached hydrogens (tertiary/aromatic N) is 3. The lowest BCUT2D eigenvalue weighted by Crippen LogP contribution is -2.21. The second-order valence-corrected chi connectivity index (χ2v) is 4.64. The van der Waals surface area contributed by atoms with Crippen LogP contribution in [0.15, 0.2) is 15.4 Å². The zero-order chi connectivity index (χ0) is 14.3. The Labute approximate surface area is 114 Å². The normalized spacial score (nSPS) is 11.3. The molecule has 2 amide bonds. The number of primary amides is 1. The second kappa shape index (κ2) is 7.31. The van der Waals surface area contributed by atoms with Gasteiger partial charge >= 0.3 is 6.03 Å². The maximum Gasteiger partial charge on any atom is 0.339 e. The number of amides is 2. The zero-order valence-corrected chi connectivity index (χ0v) is 11.2. The molecule has 8 N–H and O–H groups in total. The highest BCUT2D eigenvalue weighted by atomic mass is 32.1. The third kappa shape index (κ3) is 6.36. The lowest BCUT2D eigenvalue weighted by Gasteiger charge is -1.99. The van der Waals surface area contributed by atoms with Crippen LogP contribution in [0.25, 0.3) is 0 Å². The number of hydrogen-bond acceptors (Lipinski definition) is 4. The highest BCUT2D eigenvalue weighted by Crippen LogP contribution is 2.19. The van der Waals surface area contributed by atoms with Gasteiger partial charge in [-0.15, -0.1) is 11.3 Å². The average Bonchev–Trinajstić information content (AvgIpc) is 2.70. The monoisotopic (exact) mass is 283 g/mol. The van der Waals surface area contributed by atoms with Crippen molar-refractivity contribution >= 4 is 34.3 Å². The van der Waals surface area contributed by atoms with Gasteiger partial charge in [0, 0.05) is 11.8 Å². The molecule has 0 unspecified atom stereocenters. The van der Waals surface area contributed by atoms with Crippen molar-refractivity contribution in [1.29, 1.82) is 0 Å². The van der Waals surface area contributed by atoms with Gasteiger partial charge < -0.3 is 22.9 Å². The molecule has 0 spiro atoms. The Hall–Kier alpha value is -2.16. The zero-order valence-electron chi connectivity index (χ0n) is 10.4. The molecule has 0 atom stereocenters. The van der Waals surface area contributed by atoms with E-state index in [-0.39, 0.29) is 11.8 Å². The van der Waals surface area contributed by atoms with E-state index in [2.05, 4.69) is 15.0 Å². The molecule has 9 heteroatoms. The van der Waals surface area contributed by atoms with Crippen molar-refractivity contribution < 1.29 is 4.79 Å². The van der Waals surface area contributed by atoms with E-state index in [4.69, 9.17) is 22.9 Å². The average molecular weight is 283 g/mol. The standard InChI is InChI=1S/C10H17N7OS/c11-7(16-9(14)18)4-2-1-3-6-5-19-10(15-6)17-8(12)13/h5H,1-4H2,(H4,11,14,16,18)(H4,12,13,15,17). The van der Waals surface area contributed by atoms with E-state index in [0.29, 0.717) is 11.6 Å². The number of hydrogen-bond donors (Lipinski definition) is 4. The number of nitrogens with two attached hydrogens (primary N) is 4. The SMILES string of the molecule is NC(=O)N=C(N)CCCCc1csc(N=C(N)N)n1. The lowest BCUT2D eigenvalue weighted by molar-refractivity contribution is 0.256. The van der Waals surface area contributed by atoms with Crippen molar-refractivity contribution in [2.75, 3.05) is 0 Å². The Kier molecular flexibility index (Phi) is 5.73. The maximum absolute atomic E-state index is 10.5. The summed E-state index contributed by atoms with van der Waals surface area (Å²) in [6.07, 6.45) is 3.01. The highest BCUT2D eigenvalue weighted by Gasteiger charge is 2.02. The Morgan fingerprint density at radius 1 is 1.26 bits per heavy atom. The van der Waals surface area contributed by atoms with Crippen molar-refractivity contribution in [1.82, 2.24) is 4.98 Å². The molecule has 0 saturated heterocycles. The molecule has 8 nitrogen and oxygen atoms in total. The first-order valence-corrected chi connectivity index (χ1v) is 6.52. The molecule has 0 aliphatic carbocycles. The minimum Gasteiger partial charge on any atom is -0.387 e. The third-order valence-electron chi connectivity index (χ3n) is 2.13. The van der Waals surface area contributed by atoms with Crippen molar-refractivity contribution in [3.63, 3.8) is 0 Å². The number of amidine groups is 1. The Morgan fingerprint density at radius 2 is 2.00 bits per heavy atom. The smallest absolute Gasteiger partial charge is 0.339 e. The van der Waals surface area contributed by atoms with Gasteiger partial charge in [0.05, 0.1) is 5.69 Å². The van der Waals surface area contributed by atoms with Gasteiger partial charge in [-0.05, 0) is 19.3 Å². The molecule has 0 bridgehead atoms. The van der Waals surface area contributed by atoms with Crippen LogP contribution in [0.2, 0.25) is 0 Å². The first-order valence-electron chi connectivity index (χ1n) is 5.64. The van der Waals surface area contributed by atoms with Crippen molar-refractivity contribution in [3.05, 3.63) is 11.1 Å². The first-order chi connectivity index (χ1) is 8.97. The summed E-state index contributed by atoms with van der Waals surface area (Å²) in [4.78, 5) is 22.0. The maximum atomic E-state index is 10.5. The van der Waals surface area contributed by atoms with Gasteiger partial charge in [-0.1, -0.05) is 0 Å². The number of guanidine groups is 1. The van der Waals surface area contributed by atoms with E-state index in [9.17, 15) is 4.79 Å². The molecule has 0 aromatic carbocycles. The molecule has 19 heavy (non-hydrogen) atoms. The Bertz CT molecular complexity index is 490. The van der Waals surface area contributed by atoms with Crippen molar-refractivity contribution in [3.8, 4) is 0 Å². The van der Waals surface area contributed by atoms with E-state index >= 15 is 0 Å². The van der Waals surface area contributed by atoms with E-state index in [0.717, 1.165) is 25.0 Å². The van der Waals surface area contributed by atoms with Crippen LogP contribution >= 0.6 is 11.3 Å². The van der Waals surface area contributed by atoms with E-state index < -0.39 is 6.03 Å². The van der Waals surface area contributed by atoms with Crippen LogP contribution in [0.5, 0.6) is 0 Å². The minimum atomic E-state index is -0.765. The Morgan fingerprint density at radius 3 is 2.63 bits per heavy atom. The van der Waals surface area contributed by atoms with Gasteiger partial charge in [-0.25, -0.2) is 9.78 Å². The summed E-state index contributed by atoms with van der Waals surface area (Å²) in [6.45, 7) is 0. The molecule has 0 saturated carbocycles. The van der Waals surface area contributed by atoms with Gasteiger partial charge in [-0.3, -0.25) is 0 Å². The van der Waals surface area contributed by atoms with Crippen LogP contribution in [-0.4, -0.2) is 22.8 Å². The Balaban J connectivity index is 2.32. The number of carbonyl (C=O) groups is 1. The molecule has 0 radical (unpaired) electrons. The molecular formula is C10H17N7OS. The molecule has 104 valence electrons. The highest BCUT2D eigenvalue weighted by molar-refractivity contribution is 7.13. The summed E-state index contributed by atoms with van der Waals surface area (Å²) < 4.78 is 0. The fraction of sp³-hybridized carbons (Fsp3) is 0.400. The fourth-order valence-corrected chi connectivity index (χ4v) is 2.12. The quantitative estimate of drug-likeness (QED) is 0.333.